The first kappa shape index (κ1) is 24.1. The van der Waals surface area contributed by atoms with Gasteiger partial charge in [0, 0.05) is 19.0 Å². The van der Waals surface area contributed by atoms with E-state index in [0.29, 0.717) is 40.3 Å². The van der Waals surface area contributed by atoms with E-state index in [4.69, 9.17) is 4.74 Å². The highest BCUT2D eigenvalue weighted by Crippen LogP contribution is 2.35. The number of fused-ring (bicyclic) bond motifs is 3. The normalized spacial score (nSPS) is 22.9. The Hall–Kier alpha value is -3.65. The molecule has 8 heteroatoms. The number of piperidine rings is 3. The molecular formula is C28H28F2N3O3+. The highest BCUT2D eigenvalue weighted by molar-refractivity contribution is 5.95. The summed E-state index contributed by atoms with van der Waals surface area (Å²) in [7, 11) is 0. The van der Waals surface area contributed by atoms with Crippen LogP contribution in [0.3, 0.4) is 0 Å². The fourth-order valence-corrected chi connectivity index (χ4v) is 5.55. The number of quaternary nitrogens is 1. The Balaban J connectivity index is 1.30. The van der Waals surface area contributed by atoms with E-state index in [-0.39, 0.29) is 11.8 Å². The average molecular weight is 493 g/mol. The number of halogens is 2. The number of pyridine rings is 1. The maximum atomic E-state index is 13.9. The predicted molar refractivity (Wildman–Crippen MR) is 129 cm³/mol. The maximum absolute atomic E-state index is 13.9. The van der Waals surface area contributed by atoms with Crippen LogP contribution in [0.15, 0.2) is 72.9 Å². The molecular weight excluding hydrogens is 464 g/mol. The molecule has 3 aliphatic rings. The third-order valence-corrected chi connectivity index (χ3v) is 7.36. The number of hydrogen-bond donors (Lipinski definition) is 1. The van der Waals surface area contributed by atoms with E-state index in [1.165, 1.54) is 36.4 Å². The van der Waals surface area contributed by atoms with Crippen LogP contribution in [-0.4, -0.2) is 53.6 Å². The van der Waals surface area contributed by atoms with Gasteiger partial charge in [0.1, 0.15) is 23.9 Å². The van der Waals surface area contributed by atoms with Crippen LogP contribution in [0.25, 0.3) is 0 Å². The van der Waals surface area contributed by atoms with Gasteiger partial charge in [0.2, 0.25) is 5.78 Å². The quantitative estimate of drug-likeness (QED) is 0.385. The number of nitrogens with zero attached hydrogens (tertiary/aromatic N) is 2. The van der Waals surface area contributed by atoms with Crippen LogP contribution in [0.5, 0.6) is 0 Å². The summed E-state index contributed by atoms with van der Waals surface area (Å²) >= 11 is 0. The van der Waals surface area contributed by atoms with Gasteiger partial charge in [-0.1, -0.05) is 30.3 Å². The number of alkyl carbamates (subject to hydrolysis) is 1. The van der Waals surface area contributed by atoms with Crippen molar-refractivity contribution in [3.05, 3.63) is 101 Å². The lowest BCUT2D eigenvalue weighted by Gasteiger charge is -2.52. The summed E-state index contributed by atoms with van der Waals surface area (Å²) in [6.07, 6.45) is 1.80. The molecule has 2 bridgehead atoms. The zero-order valence-electron chi connectivity index (χ0n) is 19.8. The molecule has 1 N–H and O–H groups in total. The summed E-state index contributed by atoms with van der Waals surface area (Å²) in [5.74, 6) is -0.655. The molecule has 3 fully saturated rings. The molecule has 36 heavy (non-hydrogen) atoms. The SMILES string of the molecule is O=C(NC1C[N+]2(CC(=O)c3ccccn3)CCC1CC2)OC(c1cccc(F)c1)c1cccc(F)c1. The van der Waals surface area contributed by atoms with Crippen LogP contribution in [0.2, 0.25) is 0 Å². The fraction of sp³-hybridized carbons (Fsp3) is 0.321. The highest BCUT2D eigenvalue weighted by Gasteiger charge is 2.47. The smallest absolute Gasteiger partial charge is 0.408 e. The third-order valence-electron chi connectivity index (χ3n) is 7.36. The first-order valence-corrected chi connectivity index (χ1v) is 12.2. The molecule has 1 aromatic heterocycles. The molecule has 0 radical (unpaired) electrons. The minimum atomic E-state index is -0.966. The van der Waals surface area contributed by atoms with E-state index in [2.05, 4.69) is 10.3 Å². The van der Waals surface area contributed by atoms with Crippen molar-refractivity contribution in [3.8, 4) is 0 Å². The van der Waals surface area contributed by atoms with Gasteiger partial charge in [0.15, 0.2) is 6.10 Å². The second kappa shape index (κ2) is 10.1. The van der Waals surface area contributed by atoms with Crippen molar-refractivity contribution < 1.29 is 27.6 Å². The van der Waals surface area contributed by atoms with Crippen molar-refractivity contribution in [1.82, 2.24) is 10.3 Å². The minimum absolute atomic E-state index is 0.00505. The van der Waals surface area contributed by atoms with E-state index >= 15 is 0 Å². The summed E-state index contributed by atoms with van der Waals surface area (Å²) in [5, 5.41) is 3.00. The number of ether oxygens (including phenoxy) is 1. The number of amides is 1. The lowest BCUT2D eigenvalue weighted by atomic mass is 9.81. The van der Waals surface area contributed by atoms with E-state index in [0.717, 1.165) is 25.9 Å². The topological polar surface area (TPSA) is 68.3 Å². The molecule has 4 heterocycles. The van der Waals surface area contributed by atoms with E-state index in [9.17, 15) is 18.4 Å². The van der Waals surface area contributed by atoms with Crippen LogP contribution in [0, 0.1) is 17.6 Å². The molecule has 3 aliphatic heterocycles. The first-order valence-electron chi connectivity index (χ1n) is 12.2. The van der Waals surface area contributed by atoms with Gasteiger partial charge in [-0.15, -0.1) is 0 Å². The Labute approximate surface area is 208 Å². The second-order valence-electron chi connectivity index (χ2n) is 9.75. The van der Waals surface area contributed by atoms with Crippen LogP contribution in [-0.2, 0) is 4.74 Å². The van der Waals surface area contributed by atoms with E-state index in [1.807, 2.05) is 0 Å². The van der Waals surface area contributed by atoms with Crippen LogP contribution in [0.4, 0.5) is 13.6 Å². The number of Topliss-reactive ketones (excluding diaryl/α,β-unsaturated/α-hetero) is 1. The zero-order chi connectivity index (χ0) is 25.1. The number of carbonyl (C=O) groups is 2. The standard InChI is InChI=1S/C28H27F2N3O3/c29-22-7-3-5-20(15-22)27(21-6-4-8-23(30)16-21)36-28(35)32-25-17-33(13-10-19(25)11-14-33)18-26(34)24-9-1-2-12-31-24/h1-9,12,15-16,19,25,27H,10-11,13-14,17-18H2/p+1. The maximum Gasteiger partial charge on any atom is 0.408 e. The van der Waals surface area contributed by atoms with Crippen molar-refractivity contribution >= 4 is 11.9 Å². The zero-order valence-corrected chi connectivity index (χ0v) is 19.8. The second-order valence-corrected chi connectivity index (χ2v) is 9.75. The Morgan fingerprint density at radius 2 is 1.64 bits per heavy atom. The number of ketones is 1. The molecule has 1 unspecified atom stereocenters. The first-order chi connectivity index (χ1) is 17.4. The van der Waals surface area contributed by atoms with Crippen molar-refractivity contribution in [1.29, 1.82) is 0 Å². The highest BCUT2D eigenvalue weighted by atomic mass is 19.1. The number of aromatic nitrogens is 1. The van der Waals surface area contributed by atoms with Gasteiger partial charge in [-0.25, -0.2) is 13.6 Å². The van der Waals surface area contributed by atoms with Gasteiger partial charge >= 0.3 is 6.09 Å². The van der Waals surface area contributed by atoms with E-state index < -0.39 is 23.8 Å². The van der Waals surface area contributed by atoms with Crippen LogP contribution < -0.4 is 5.32 Å². The number of rotatable bonds is 7. The number of carbonyl (C=O) groups excluding carboxylic acids is 2. The van der Waals surface area contributed by atoms with Gasteiger partial charge in [0.05, 0.1) is 25.7 Å². The average Bonchev–Trinajstić information content (AvgIpc) is 2.88. The lowest BCUT2D eigenvalue weighted by molar-refractivity contribution is -0.936. The Morgan fingerprint density at radius 1 is 0.972 bits per heavy atom. The molecule has 6 nitrogen and oxygen atoms in total. The molecule has 3 saturated heterocycles. The molecule has 0 aliphatic carbocycles. The molecule has 1 atom stereocenters. The van der Waals surface area contributed by atoms with Gasteiger partial charge in [-0.3, -0.25) is 9.78 Å². The summed E-state index contributed by atoms with van der Waals surface area (Å²) < 4.78 is 34.2. The van der Waals surface area contributed by atoms with Crippen molar-refractivity contribution in [2.24, 2.45) is 5.92 Å². The Bertz CT molecular complexity index is 1200. The van der Waals surface area contributed by atoms with Crippen LogP contribution >= 0.6 is 0 Å². The lowest BCUT2D eigenvalue weighted by Crippen LogP contribution is -2.68. The summed E-state index contributed by atoms with van der Waals surface area (Å²) in [4.78, 5) is 30.1. The number of benzene rings is 2. The molecule has 0 spiro atoms. The molecule has 0 saturated carbocycles. The molecule has 3 aromatic rings. The van der Waals surface area contributed by atoms with Crippen LogP contribution in [0.1, 0.15) is 40.6 Å². The third kappa shape index (κ3) is 5.28. The van der Waals surface area contributed by atoms with Gasteiger partial charge in [-0.05, 0) is 53.4 Å². The Kier molecular flexibility index (Phi) is 6.78. The Morgan fingerprint density at radius 3 is 2.22 bits per heavy atom. The van der Waals surface area contributed by atoms with Gasteiger partial charge in [-0.2, -0.15) is 0 Å². The monoisotopic (exact) mass is 492 g/mol. The minimum Gasteiger partial charge on any atom is -0.436 e. The van der Waals surface area contributed by atoms with Crippen molar-refractivity contribution in [3.63, 3.8) is 0 Å². The van der Waals surface area contributed by atoms with Crippen molar-refractivity contribution in [2.45, 2.75) is 25.0 Å². The van der Waals surface area contributed by atoms with Gasteiger partial charge in [0.25, 0.3) is 0 Å². The van der Waals surface area contributed by atoms with Gasteiger partial charge < -0.3 is 14.5 Å². The molecule has 2 aromatic carbocycles. The van der Waals surface area contributed by atoms with E-state index in [1.54, 1.807) is 36.5 Å². The largest absolute Gasteiger partial charge is 0.436 e. The van der Waals surface area contributed by atoms with Crippen molar-refractivity contribution in [2.75, 3.05) is 26.2 Å². The summed E-state index contributed by atoms with van der Waals surface area (Å²) in [6, 6.07) is 16.6. The molecule has 186 valence electrons. The molecule has 1 amide bonds. The fourth-order valence-electron chi connectivity index (χ4n) is 5.55. The number of hydrogen-bond acceptors (Lipinski definition) is 4. The molecule has 6 rings (SSSR count). The summed E-state index contributed by atoms with van der Waals surface area (Å²) in [5.41, 5.74) is 1.28. The number of nitrogens with one attached hydrogen (secondary N) is 1. The predicted octanol–water partition coefficient (Wildman–Crippen LogP) is 4.67. The summed E-state index contributed by atoms with van der Waals surface area (Å²) in [6.45, 7) is 2.73.